The number of rotatable bonds is 6. The number of aromatic nitrogens is 3. The number of nitrogens with zero attached hydrogens (tertiary/aromatic N) is 6. The van der Waals surface area contributed by atoms with Crippen molar-refractivity contribution >= 4 is 11.6 Å². The van der Waals surface area contributed by atoms with E-state index >= 15 is 0 Å². The van der Waals surface area contributed by atoms with Crippen molar-refractivity contribution in [3.8, 4) is 0 Å². The molecule has 140 valence electrons. The molecule has 0 aliphatic carbocycles. The molecule has 26 heavy (non-hydrogen) atoms. The van der Waals surface area contributed by atoms with Crippen molar-refractivity contribution in [1.82, 2.24) is 24.6 Å². The Morgan fingerprint density at radius 1 is 1.15 bits per heavy atom. The molecule has 7 heteroatoms. The van der Waals surface area contributed by atoms with E-state index in [9.17, 15) is 4.79 Å². The van der Waals surface area contributed by atoms with E-state index in [0.717, 1.165) is 45.0 Å². The van der Waals surface area contributed by atoms with Gasteiger partial charge in [0, 0.05) is 51.0 Å². The molecule has 0 atom stereocenters. The fourth-order valence-electron chi connectivity index (χ4n) is 3.21. The molecule has 1 amide bonds. The van der Waals surface area contributed by atoms with E-state index in [2.05, 4.69) is 34.0 Å². The molecule has 2 aromatic rings. The van der Waals surface area contributed by atoms with Gasteiger partial charge in [-0.05, 0) is 37.7 Å². The summed E-state index contributed by atoms with van der Waals surface area (Å²) in [7, 11) is 3.96. The highest BCUT2D eigenvalue weighted by atomic mass is 16.2. The zero-order chi connectivity index (χ0) is 18.5. The second kappa shape index (κ2) is 8.31. The molecule has 1 aromatic heterocycles. The third-order valence-electron chi connectivity index (χ3n) is 4.87. The largest absolute Gasteiger partial charge is 0.369 e. The highest BCUT2D eigenvalue weighted by Crippen LogP contribution is 2.18. The van der Waals surface area contributed by atoms with Crippen LogP contribution < -0.4 is 4.90 Å². The lowest BCUT2D eigenvalue weighted by Gasteiger charge is -2.34. The van der Waals surface area contributed by atoms with Gasteiger partial charge >= 0.3 is 0 Å². The van der Waals surface area contributed by atoms with Crippen molar-refractivity contribution in [3.63, 3.8) is 0 Å². The number of likely N-dealkylation sites (N-methyl/N-ethyl adjacent to an activating group) is 1. The Kier molecular flexibility index (Phi) is 5.88. The topological polar surface area (TPSA) is 57.5 Å². The number of amides is 1. The SMILES string of the molecule is CCCn1cnnc1CN(C)C(=O)c1ccc(N2CCN(C)CC2)cc1. The van der Waals surface area contributed by atoms with Crippen molar-refractivity contribution in [1.29, 1.82) is 0 Å². The van der Waals surface area contributed by atoms with Gasteiger partial charge in [0.15, 0.2) is 5.82 Å². The first-order valence-electron chi connectivity index (χ1n) is 9.24. The molecule has 0 radical (unpaired) electrons. The summed E-state index contributed by atoms with van der Waals surface area (Å²) in [4.78, 5) is 19.1. The second-order valence-corrected chi connectivity index (χ2v) is 6.94. The number of hydrogen-bond acceptors (Lipinski definition) is 5. The minimum Gasteiger partial charge on any atom is -0.369 e. The summed E-state index contributed by atoms with van der Waals surface area (Å²) in [6.07, 6.45) is 2.73. The summed E-state index contributed by atoms with van der Waals surface area (Å²) < 4.78 is 2.00. The highest BCUT2D eigenvalue weighted by molar-refractivity contribution is 5.94. The highest BCUT2D eigenvalue weighted by Gasteiger charge is 2.17. The molecule has 1 saturated heterocycles. The van der Waals surface area contributed by atoms with Gasteiger partial charge in [-0.2, -0.15) is 0 Å². The summed E-state index contributed by atoms with van der Waals surface area (Å²) in [5, 5.41) is 8.10. The van der Waals surface area contributed by atoms with Crippen LogP contribution in [0.3, 0.4) is 0 Å². The number of piperazine rings is 1. The van der Waals surface area contributed by atoms with Gasteiger partial charge in [0.2, 0.25) is 0 Å². The Hall–Kier alpha value is -2.41. The Balaban J connectivity index is 1.62. The van der Waals surface area contributed by atoms with Gasteiger partial charge in [0.1, 0.15) is 6.33 Å². The fourth-order valence-corrected chi connectivity index (χ4v) is 3.21. The maximum Gasteiger partial charge on any atom is 0.254 e. The van der Waals surface area contributed by atoms with E-state index in [-0.39, 0.29) is 5.91 Å². The Morgan fingerprint density at radius 3 is 2.50 bits per heavy atom. The zero-order valence-corrected chi connectivity index (χ0v) is 15.9. The summed E-state index contributed by atoms with van der Waals surface area (Å²) in [5.41, 5.74) is 1.88. The fraction of sp³-hybridized carbons (Fsp3) is 0.526. The number of carbonyl (C=O) groups is 1. The lowest BCUT2D eigenvalue weighted by atomic mass is 10.1. The average Bonchev–Trinajstić information content (AvgIpc) is 3.09. The van der Waals surface area contributed by atoms with Crippen LogP contribution in [-0.2, 0) is 13.1 Å². The molecule has 1 aliphatic heterocycles. The minimum absolute atomic E-state index is 0.000904. The van der Waals surface area contributed by atoms with Crippen LogP contribution in [0, 0.1) is 0 Å². The van der Waals surface area contributed by atoms with Crippen molar-refractivity contribution in [2.75, 3.05) is 45.2 Å². The van der Waals surface area contributed by atoms with Crippen LogP contribution in [0.1, 0.15) is 29.5 Å². The lowest BCUT2D eigenvalue weighted by molar-refractivity contribution is 0.0780. The second-order valence-electron chi connectivity index (χ2n) is 6.94. The predicted octanol–water partition coefficient (Wildman–Crippen LogP) is 1.71. The van der Waals surface area contributed by atoms with E-state index in [1.54, 1.807) is 11.2 Å². The monoisotopic (exact) mass is 356 g/mol. The van der Waals surface area contributed by atoms with E-state index in [1.165, 1.54) is 5.69 Å². The predicted molar refractivity (Wildman–Crippen MR) is 102 cm³/mol. The Labute approximate surface area is 155 Å². The molecule has 0 unspecified atom stereocenters. The average molecular weight is 356 g/mol. The first kappa shape index (κ1) is 18.4. The minimum atomic E-state index is 0.000904. The lowest BCUT2D eigenvalue weighted by Crippen LogP contribution is -2.44. The Bertz CT molecular complexity index is 718. The molecule has 3 rings (SSSR count). The van der Waals surface area contributed by atoms with Crippen molar-refractivity contribution in [3.05, 3.63) is 42.0 Å². The van der Waals surface area contributed by atoms with Gasteiger partial charge in [0.05, 0.1) is 6.54 Å². The molecule has 0 spiro atoms. The zero-order valence-electron chi connectivity index (χ0n) is 15.9. The standard InChI is InChI=1S/C19H28N6O/c1-4-9-25-15-20-21-18(25)14-23(3)19(26)16-5-7-17(8-6-16)24-12-10-22(2)11-13-24/h5-8,15H,4,9-14H2,1-3H3. The summed E-state index contributed by atoms with van der Waals surface area (Å²) in [5.74, 6) is 0.817. The summed E-state index contributed by atoms with van der Waals surface area (Å²) in [6, 6.07) is 7.93. The van der Waals surface area contributed by atoms with Gasteiger partial charge in [-0.15, -0.1) is 10.2 Å². The third kappa shape index (κ3) is 4.22. The van der Waals surface area contributed by atoms with Crippen LogP contribution >= 0.6 is 0 Å². The number of aryl methyl sites for hydroxylation is 1. The maximum absolute atomic E-state index is 12.7. The van der Waals surface area contributed by atoms with Gasteiger partial charge in [-0.1, -0.05) is 6.92 Å². The van der Waals surface area contributed by atoms with Crippen molar-refractivity contribution in [2.45, 2.75) is 26.4 Å². The Morgan fingerprint density at radius 2 is 1.85 bits per heavy atom. The van der Waals surface area contributed by atoms with E-state index in [1.807, 2.05) is 35.9 Å². The van der Waals surface area contributed by atoms with Crippen LogP contribution in [0.4, 0.5) is 5.69 Å². The molecule has 0 saturated carbocycles. The normalized spacial score (nSPS) is 15.3. The van der Waals surface area contributed by atoms with E-state index < -0.39 is 0 Å². The van der Waals surface area contributed by atoms with Crippen LogP contribution in [0.15, 0.2) is 30.6 Å². The summed E-state index contributed by atoms with van der Waals surface area (Å²) in [6.45, 7) is 7.63. The number of carbonyl (C=O) groups excluding carboxylic acids is 1. The molecule has 0 N–H and O–H groups in total. The van der Waals surface area contributed by atoms with Crippen molar-refractivity contribution < 1.29 is 4.79 Å². The van der Waals surface area contributed by atoms with Crippen LogP contribution in [-0.4, -0.2) is 70.7 Å². The van der Waals surface area contributed by atoms with Gasteiger partial charge in [-0.3, -0.25) is 4.79 Å². The smallest absolute Gasteiger partial charge is 0.254 e. The third-order valence-corrected chi connectivity index (χ3v) is 4.87. The molecule has 1 aliphatic rings. The molecular formula is C19H28N6O. The van der Waals surface area contributed by atoms with Gasteiger partial charge in [-0.25, -0.2) is 0 Å². The molecule has 2 heterocycles. The maximum atomic E-state index is 12.7. The molecule has 7 nitrogen and oxygen atoms in total. The van der Waals surface area contributed by atoms with Gasteiger partial charge < -0.3 is 19.3 Å². The molecule has 1 aromatic carbocycles. The van der Waals surface area contributed by atoms with E-state index in [4.69, 9.17) is 0 Å². The molecule has 0 bridgehead atoms. The van der Waals surface area contributed by atoms with Crippen molar-refractivity contribution in [2.24, 2.45) is 0 Å². The number of hydrogen-bond donors (Lipinski definition) is 0. The number of benzene rings is 1. The summed E-state index contributed by atoms with van der Waals surface area (Å²) >= 11 is 0. The van der Waals surface area contributed by atoms with Crippen LogP contribution in [0.5, 0.6) is 0 Å². The van der Waals surface area contributed by atoms with Gasteiger partial charge in [0.25, 0.3) is 5.91 Å². The number of anilines is 1. The van der Waals surface area contributed by atoms with Crippen LogP contribution in [0.25, 0.3) is 0 Å². The van der Waals surface area contributed by atoms with E-state index in [0.29, 0.717) is 12.1 Å². The molecular weight excluding hydrogens is 328 g/mol. The first-order chi connectivity index (χ1) is 12.6. The van der Waals surface area contributed by atoms with Crippen LogP contribution in [0.2, 0.25) is 0 Å². The quantitative estimate of drug-likeness (QED) is 0.789. The first-order valence-corrected chi connectivity index (χ1v) is 9.24. The molecule has 1 fully saturated rings.